The fourth-order valence-electron chi connectivity index (χ4n) is 4.16. The number of nitrogens with zero attached hydrogens (tertiary/aromatic N) is 3. The number of aryl methyl sites for hydroxylation is 1. The molecule has 32 heavy (non-hydrogen) atoms. The molecule has 1 amide bonds. The lowest BCUT2D eigenvalue weighted by Gasteiger charge is -2.26. The van der Waals surface area contributed by atoms with E-state index in [2.05, 4.69) is 5.32 Å². The normalized spacial score (nSPS) is 19.0. The number of pyridine rings is 1. The maximum Gasteiger partial charge on any atom is 0.263 e. The number of hydrogen-bond acceptors (Lipinski definition) is 5. The zero-order valence-electron chi connectivity index (χ0n) is 18.2. The van der Waals surface area contributed by atoms with Crippen LogP contribution >= 0.6 is 0 Å². The number of aromatic nitrogens is 1. The largest absolute Gasteiger partial charge is 0.354 e. The Morgan fingerprint density at radius 3 is 2.66 bits per heavy atom. The summed E-state index contributed by atoms with van der Waals surface area (Å²) in [5, 5.41) is 2.62. The number of benzene rings is 1. The topological polar surface area (TPSA) is 101 Å². The number of rotatable bonds is 4. The van der Waals surface area contributed by atoms with Gasteiger partial charge in [0.25, 0.3) is 5.91 Å². The molecule has 1 aliphatic carbocycles. The Labute approximate surface area is 188 Å². The Hall–Kier alpha value is -2.78. The minimum atomic E-state index is -3.89. The van der Waals surface area contributed by atoms with Crippen molar-refractivity contribution >= 4 is 21.8 Å². The Bertz CT molecular complexity index is 1200. The highest BCUT2D eigenvalue weighted by molar-refractivity contribution is 7.89. The maximum absolute atomic E-state index is 13.4. The first-order valence-corrected chi connectivity index (χ1v) is 12.4. The maximum atomic E-state index is 13.4. The van der Waals surface area contributed by atoms with Gasteiger partial charge in [0.1, 0.15) is 5.49 Å². The average molecular weight is 457 g/mol. The van der Waals surface area contributed by atoms with Crippen molar-refractivity contribution in [3.8, 4) is 0 Å². The first-order chi connectivity index (χ1) is 15.3. The van der Waals surface area contributed by atoms with Crippen LogP contribution in [-0.2, 0) is 14.8 Å². The van der Waals surface area contributed by atoms with Gasteiger partial charge in [-0.05, 0) is 55.7 Å². The minimum absolute atomic E-state index is 0.00321. The number of hydrogen-bond donors (Lipinski definition) is 1. The second-order valence-corrected chi connectivity index (χ2v) is 10.3. The summed E-state index contributed by atoms with van der Waals surface area (Å²) in [5.74, 6) is -0.677. The number of amides is 1. The van der Waals surface area contributed by atoms with E-state index in [1.165, 1.54) is 23.1 Å². The highest BCUT2D eigenvalue weighted by atomic mass is 32.2. The average Bonchev–Trinajstić information content (AvgIpc) is 2.79. The first kappa shape index (κ1) is 22.4. The van der Waals surface area contributed by atoms with Gasteiger partial charge in [0, 0.05) is 24.8 Å². The Balaban J connectivity index is 1.68. The van der Waals surface area contributed by atoms with Crippen molar-refractivity contribution in [3.05, 3.63) is 59.2 Å². The molecule has 1 saturated heterocycles. The molecular weight excluding hydrogens is 428 g/mol. The number of piperazine rings is 1. The first-order valence-electron chi connectivity index (χ1n) is 11.0. The van der Waals surface area contributed by atoms with E-state index in [1.807, 2.05) is 19.1 Å². The van der Waals surface area contributed by atoms with Gasteiger partial charge in [0.2, 0.25) is 15.9 Å². The van der Waals surface area contributed by atoms with E-state index in [1.54, 1.807) is 18.3 Å². The van der Waals surface area contributed by atoms with Crippen molar-refractivity contribution < 1.29 is 18.0 Å². The summed E-state index contributed by atoms with van der Waals surface area (Å²) in [4.78, 5) is 29.9. The standard InChI is InChI=1S/C23H28N4O4S/c1-17-10-12-27(21(14-17)25-19-7-3-2-4-8-19)23(29)18-6-5-9-20(15-18)32(30,31)26-13-11-24-22(28)16-26/h5-6,9-10,12,14-15,19H,2-4,7-8,11,13,16H2,1H3,(H,24,28). The number of carbonyl (C=O) groups excluding carboxylic acids is 2. The second-order valence-electron chi connectivity index (χ2n) is 8.37. The number of carbonyl (C=O) groups is 2. The van der Waals surface area contributed by atoms with Crippen LogP contribution in [0.5, 0.6) is 0 Å². The highest BCUT2D eigenvalue weighted by Gasteiger charge is 2.29. The molecule has 1 aromatic heterocycles. The summed E-state index contributed by atoms with van der Waals surface area (Å²) in [6, 6.07) is 9.90. The van der Waals surface area contributed by atoms with Crippen LogP contribution in [0.3, 0.4) is 0 Å². The summed E-state index contributed by atoms with van der Waals surface area (Å²) in [6.45, 7) is 2.19. The molecule has 0 bridgehead atoms. The van der Waals surface area contributed by atoms with E-state index in [0.717, 1.165) is 35.6 Å². The van der Waals surface area contributed by atoms with E-state index in [-0.39, 0.29) is 47.9 Å². The highest BCUT2D eigenvalue weighted by Crippen LogP contribution is 2.20. The van der Waals surface area contributed by atoms with E-state index < -0.39 is 10.0 Å². The third-order valence-corrected chi connectivity index (χ3v) is 7.76. The smallest absolute Gasteiger partial charge is 0.263 e. The summed E-state index contributed by atoms with van der Waals surface area (Å²) in [5.41, 5.74) is 1.84. The van der Waals surface area contributed by atoms with E-state index in [0.29, 0.717) is 5.49 Å². The molecule has 2 aromatic rings. The molecule has 1 aromatic carbocycles. The molecule has 0 spiro atoms. The van der Waals surface area contributed by atoms with Crippen LogP contribution in [0, 0.1) is 6.92 Å². The van der Waals surface area contributed by atoms with Crippen LogP contribution in [0.15, 0.2) is 52.5 Å². The monoisotopic (exact) mass is 456 g/mol. The fraction of sp³-hybridized carbons (Fsp3) is 0.435. The zero-order chi connectivity index (χ0) is 22.7. The fourth-order valence-corrected chi connectivity index (χ4v) is 5.60. The van der Waals surface area contributed by atoms with Crippen LogP contribution in [0.25, 0.3) is 0 Å². The molecule has 170 valence electrons. The van der Waals surface area contributed by atoms with Gasteiger partial charge in [-0.2, -0.15) is 4.31 Å². The predicted molar refractivity (Wildman–Crippen MR) is 120 cm³/mol. The molecule has 2 fully saturated rings. The SMILES string of the molecule is Cc1ccn(C(=O)c2cccc(S(=O)(=O)N3CCNC(=O)C3)c2)c(=NC2CCCCC2)c1. The summed E-state index contributed by atoms with van der Waals surface area (Å²) in [7, 11) is -3.89. The predicted octanol–water partition coefficient (Wildman–Crippen LogP) is 1.84. The van der Waals surface area contributed by atoms with E-state index >= 15 is 0 Å². The van der Waals surface area contributed by atoms with Gasteiger partial charge in [-0.15, -0.1) is 0 Å². The van der Waals surface area contributed by atoms with Gasteiger partial charge >= 0.3 is 0 Å². The second kappa shape index (κ2) is 9.38. The Kier molecular flexibility index (Phi) is 6.57. The zero-order valence-corrected chi connectivity index (χ0v) is 19.0. The molecule has 1 aliphatic heterocycles. The summed E-state index contributed by atoms with van der Waals surface area (Å²) < 4.78 is 28.7. The van der Waals surface area contributed by atoms with Crippen molar-refractivity contribution in [1.82, 2.24) is 14.2 Å². The Morgan fingerprint density at radius 1 is 1.12 bits per heavy atom. The molecule has 4 rings (SSSR count). The summed E-state index contributed by atoms with van der Waals surface area (Å²) in [6.07, 6.45) is 7.22. The van der Waals surface area contributed by atoms with Crippen LogP contribution in [0.1, 0.15) is 48.0 Å². The lowest BCUT2D eigenvalue weighted by molar-refractivity contribution is -0.122. The van der Waals surface area contributed by atoms with Gasteiger partial charge in [-0.3, -0.25) is 19.1 Å². The molecular formula is C23H28N4O4S. The molecule has 1 N–H and O–H groups in total. The summed E-state index contributed by atoms with van der Waals surface area (Å²) >= 11 is 0. The minimum Gasteiger partial charge on any atom is -0.354 e. The van der Waals surface area contributed by atoms with Crippen LogP contribution in [0.4, 0.5) is 0 Å². The van der Waals surface area contributed by atoms with Crippen molar-refractivity contribution in [2.24, 2.45) is 4.99 Å². The van der Waals surface area contributed by atoms with Gasteiger partial charge < -0.3 is 5.32 Å². The van der Waals surface area contributed by atoms with Gasteiger partial charge in [-0.25, -0.2) is 8.42 Å². The van der Waals surface area contributed by atoms with Gasteiger partial charge in [0.15, 0.2) is 0 Å². The van der Waals surface area contributed by atoms with Crippen LogP contribution in [-0.4, -0.2) is 54.8 Å². The van der Waals surface area contributed by atoms with Crippen molar-refractivity contribution in [2.45, 2.75) is 50.0 Å². The van der Waals surface area contributed by atoms with E-state index in [4.69, 9.17) is 4.99 Å². The third kappa shape index (κ3) is 4.83. The lowest BCUT2D eigenvalue weighted by atomic mass is 9.96. The third-order valence-electron chi connectivity index (χ3n) is 5.92. The molecule has 2 aliphatic rings. The van der Waals surface area contributed by atoms with Gasteiger partial charge in [0.05, 0.1) is 17.5 Å². The van der Waals surface area contributed by atoms with Crippen LogP contribution in [0.2, 0.25) is 0 Å². The van der Waals surface area contributed by atoms with Gasteiger partial charge in [-0.1, -0.05) is 25.3 Å². The van der Waals surface area contributed by atoms with Crippen molar-refractivity contribution in [3.63, 3.8) is 0 Å². The molecule has 0 atom stereocenters. The molecule has 9 heteroatoms. The lowest BCUT2D eigenvalue weighted by Crippen LogP contribution is -2.49. The van der Waals surface area contributed by atoms with Crippen LogP contribution < -0.4 is 10.8 Å². The molecule has 8 nitrogen and oxygen atoms in total. The molecule has 0 radical (unpaired) electrons. The van der Waals surface area contributed by atoms with Crippen molar-refractivity contribution in [1.29, 1.82) is 0 Å². The van der Waals surface area contributed by atoms with E-state index in [9.17, 15) is 18.0 Å². The molecule has 1 saturated carbocycles. The van der Waals surface area contributed by atoms with Crippen molar-refractivity contribution in [2.75, 3.05) is 19.6 Å². The molecule has 2 heterocycles. The number of nitrogens with one attached hydrogen (secondary N) is 1. The quantitative estimate of drug-likeness (QED) is 0.759. The number of sulfonamides is 1. The molecule has 0 unspecified atom stereocenters. The Morgan fingerprint density at radius 2 is 1.91 bits per heavy atom.